The number of aryl methyl sites for hydroxylation is 1. The van der Waals surface area contributed by atoms with Crippen molar-refractivity contribution in [3.8, 4) is 0 Å². The fourth-order valence-corrected chi connectivity index (χ4v) is 0.978. The first-order valence-electron chi connectivity index (χ1n) is 3.44. The van der Waals surface area contributed by atoms with Gasteiger partial charge in [0, 0.05) is 6.92 Å². The van der Waals surface area contributed by atoms with E-state index in [4.69, 9.17) is 5.11 Å². The molecule has 0 aliphatic carbocycles. The Hall–Kier alpha value is -0.430. The van der Waals surface area contributed by atoms with Crippen molar-refractivity contribution in [1.29, 1.82) is 0 Å². The Balaban J connectivity index is 0. The minimum Gasteiger partial charge on any atom is -1.00 e. The molecule has 0 atom stereocenters. The van der Waals surface area contributed by atoms with Crippen LogP contribution in [0.3, 0.4) is 0 Å². The maximum Gasteiger partial charge on any atom is 1.00 e. The summed E-state index contributed by atoms with van der Waals surface area (Å²) >= 11 is 0. The van der Waals surface area contributed by atoms with Gasteiger partial charge in [0.1, 0.15) is 12.7 Å². The summed E-state index contributed by atoms with van der Waals surface area (Å²) in [4.78, 5) is 13.6. The molecule has 0 unspecified atom stereocenters. The number of aliphatic hydroxyl groups is 1. The van der Waals surface area contributed by atoms with Crippen LogP contribution in [-0.2, 0) is 6.54 Å². The minimum atomic E-state index is -0.518. The maximum absolute atomic E-state index is 10.4. The molecule has 1 aromatic rings. The fourth-order valence-electron chi connectivity index (χ4n) is 0.978. The summed E-state index contributed by atoms with van der Waals surface area (Å²) in [6.07, 6.45) is 1.19. The molecular weight excluding hydrogens is 185 g/mol. The molecule has 1 heterocycles. The van der Waals surface area contributed by atoms with Crippen molar-refractivity contribution >= 4 is 5.82 Å². The molecule has 0 spiro atoms. The summed E-state index contributed by atoms with van der Waals surface area (Å²) in [6.45, 7) is 1.74. The summed E-state index contributed by atoms with van der Waals surface area (Å²) in [5, 5.41) is 19.0. The first-order chi connectivity index (χ1) is 5.66. The van der Waals surface area contributed by atoms with E-state index in [1.165, 1.54) is 10.8 Å². The van der Waals surface area contributed by atoms with Gasteiger partial charge in [-0.3, -0.25) is 0 Å². The normalized spacial score (nSPS) is 9.38. The standard InChI is InChI=1S/C6H9N3O3.Na.H/c1-5-7-4-6(9(11)12)8(5)2-3-10;;/h4,10H,2-3H2,1H3;;/q;+1;-1. The van der Waals surface area contributed by atoms with Gasteiger partial charge in [0.2, 0.25) is 0 Å². The first-order valence-corrected chi connectivity index (χ1v) is 3.44. The average molecular weight is 195 g/mol. The van der Waals surface area contributed by atoms with Crippen LogP contribution in [0.4, 0.5) is 5.82 Å². The number of nitrogens with zero attached hydrogens (tertiary/aromatic N) is 3. The van der Waals surface area contributed by atoms with Crippen LogP contribution in [0.1, 0.15) is 7.25 Å². The number of hydrogen-bond donors (Lipinski definition) is 1. The van der Waals surface area contributed by atoms with Gasteiger partial charge >= 0.3 is 35.4 Å². The van der Waals surface area contributed by atoms with E-state index in [-0.39, 0.29) is 50.0 Å². The Kier molecular flexibility index (Phi) is 5.16. The summed E-state index contributed by atoms with van der Waals surface area (Å²) < 4.78 is 1.36. The van der Waals surface area contributed by atoms with Gasteiger partial charge in [0.15, 0.2) is 5.82 Å². The van der Waals surface area contributed by atoms with Gasteiger partial charge in [0.25, 0.3) is 0 Å². The van der Waals surface area contributed by atoms with E-state index in [0.717, 1.165) is 0 Å². The predicted molar refractivity (Wildman–Crippen MR) is 41.8 cm³/mol. The number of nitro groups is 1. The zero-order valence-corrected chi connectivity index (χ0v) is 9.60. The zero-order valence-electron chi connectivity index (χ0n) is 8.60. The molecule has 0 radical (unpaired) electrons. The molecular formula is C6H10N3NaO3. The van der Waals surface area contributed by atoms with Gasteiger partial charge in [-0.25, -0.2) is 9.55 Å². The second-order valence-electron chi connectivity index (χ2n) is 2.30. The topological polar surface area (TPSA) is 81.2 Å². The smallest absolute Gasteiger partial charge is 1.00 e. The third-order valence-electron chi connectivity index (χ3n) is 1.54. The Morgan fingerprint density at radius 1 is 1.85 bits per heavy atom. The molecule has 68 valence electrons. The molecule has 1 N–H and O–H groups in total. The van der Waals surface area contributed by atoms with E-state index in [0.29, 0.717) is 5.82 Å². The first kappa shape index (κ1) is 12.6. The van der Waals surface area contributed by atoms with Gasteiger partial charge in [-0.15, -0.1) is 0 Å². The third-order valence-corrected chi connectivity index (χ3v) is 1.54. The molecule has 0 saturated heterocycles. The van der Waals surface area contributed by atoms with Gasteiger partial charge in [-0.1, -0.05) is 0 Å². The van der Waals surface area contributed by atoms with Gasteiger partial charge in [-0.2, -0.15) is 0 Å². The van der Waals surface area contributed by atoms with E-state index in [1.54, 1.807) is 6.92 Å². The molecule has 0 aliphatic rings. The molecule has 6 nitrogen and oxygen atoms in total. The van der Waals surface area contributed by atoms with Crippen molar-refractivity contribution in [3.05, 3.63) is 22.1 Å². The van der Waals surface area contributed by atoms with Gasteiger partial charge < -0.3 is 16.6 Å². The van der Waals surface area contributed by atoms with Gasteiger partial charge in [-0.05, 0) is 4.92 Å². The van der Waals surface area contributed by atoms with Crippen LogP contribution in [0.5, 0.6) is 0 Å². The van der Waals surface area contributed by atoms with Crippen molar-refractivity contribution in [2.45, 2.75) is 13.5 Å². The second kappa shape index (κ2) is 5.33. The van der Waals surface area contributed by atoms with Crippen LogP contribution in [0, 0.1) is 17.0 Å². The molecule has 7 heteroatoms. The predicted octanol–water partition coefficient (Wildman–Crippen LogP) is -2.79. The minimum absolute atomic E-state index is 0. The molecule has 0 fully saturated rings. The van der Waals surface area contributed by atoms with Gasteiger partial charge in [0.05, 0.1) is 6.61 Å². The van der Waals surface area contributed by atoms with E-state index in [2.05, 4.69) is 4.98 Å². The van der Waals surface area contributed by atoms with Crippen LogP contribution >= 0.6 is 0 Å². The van der Waals surface area contributed by atoms with E-state index in [1.807, 2.05) is 0 Å². The number of aliphatic hydroxyl groups excluding tert-OH is 1. The molecule has 0 aromatic carbocycles. The number of hydrogen-bond acceptors (Lipinski definition) is 4. The monoisotopic (exact) mass is 195 g/mol. The quantitative estimate of drug-likeness (QED) is 0.321. The Labute approximate surface area is 98.5 Å². The Bertz CT molecular complexity index is 305. The molecule has 1 rings (SSSR count). The molecule has 13 heavy (non-hydrogen) atoms. The molecule has 1 aromatic heterocycles. The van der Waals surface area contributed by atoms with Crippen molar-refractivity contribution in [2.24, 2.45) is 0 Å². The van der Waals surface area contributed by atoms with Crippen LogP contribution in [0.15, 0.2) is 6.20 Å². The Morgan fingerprint density at radius 2 is 2.46 bits per heavy atom. The van der Waals surface area contributed by atoms with E-state index < -0.39 is 4.92 Å². The molecule has 0 bridgehead atoms. The van der Waals surface area contributed by atoms with Crippen molar-refractivity contribution < 1.29 is 41.0 Å². The summed E-state index contributed by atoms with van der Waals surface area (Å²) in [6, 6.07) is 0. The largest absolute Gasteiger partial charge is 1.00 e. The van der Waals surface area contributed by atoms with E-state index >= 15 is 0 Å². The van der Waals surface area contributed by atoms with Crippen LogP contribution < -0.4 is 29.6 Å². The van der Waals surface area contributed by atoms with Crippen LogP contribution in [0.25, 0.3) is 0 Å². The summed E-state index contributed by atoms with van der Waals surface area (Å²) in [5.41, 5.74) is 0. The molecule has 0 aliphatic heterocycles. The Morgan fingerprint density at radius 3 is 2.92 bits per heavy atom. The maximum atomic E-state index is 10.4. The SMILES string of the molecule is Cc1ncc([N+](=O)[O-])n1CCO.[H-].[Na+]. The fraction of sp³-hybridized carbons (Fsp3) is 0.500. The summed E-state index contributed by atoms with van der Waals surface area (Å²) in [5.74, 6) is 0.456. The average Bonchev–Trinajstić information content (AvgIpc) is 2.34. The van der Waals surface area contributed by atoms with Crippen LogP contribution in [0.2, 0.25) is 0 Å². The van der Waals surface area contributed by atoms with Crippen LogP contribution in [-0.4, -0.2) is 26.2 Å². The van der Waals surface area contributed by atoms with Crippen molar-refractivity contribution in [3.63, 3.8) is 0 Å². The third kappa shape index (κ3) is 2.77. The van der Waals surface area contributed by atoms with Crippen molar-refractivity contribution in [2.75, 3.05) is 6.61 Å². The van der Waals surface area contributed by atoms with Crippen molar-refractivity contribution in [1.82, 2.24) is 9.55 Å². The molecule has 0 amide bonds. The number of imidazole rings is 1. The second-order valence-corrected chi connectivity index (χ2v) is 2.30. The molecule has 0 saturated carbocycles. The van der Waals surface area contributed by atoms with E-state index in [9.17, 15) is 10.1 Å². The summed E-state index contributed by atoms with van der Waals surface area (Å²) in [7, 11) is 0. The zero-order chi connectivity index (χ0) is 9.14. The number of rotatable bonds is 3. The number of aromatic nitrogens is 2.